The van der Waals surface area contributed by atoms with E-state index >= 15 is 0 Å². The first kappa shape index (κ1) is 12.0. The molecule has 0 bridgehead atoms. The molecule has 0 N–H and O–H groups in total. The van der Waals surface area contributed by atoms with Gasteiger partial charge in [0.1, 0.15) is 17.8 Å². The Morgan fingerprint density at radius 3 is 2.90 bits per heavy atom. The van der Waals surface area contributed by atoms with E-state index in [9.17, 15) is 0 Å². The molecule has 1 unspecified atom stereocenters. The number of rotatable bonds is 2. The average Bonchev–Trinajstić information content (AvgIpc) is 3.18. The Labute approximate surface area is 116 Å². The quantitative estimate of drug-likeness (QED) is 0.825. The van der Waals surface area contributed by atoms with E-state index in [0.717, 1.165) is 18.0 Å². The monoisotopic (exact) mass is 272 g/mol. The molecular weight excluding hydrogens is 256 g/mol. The molecular formula is C14H16N4O2. The van der Waals surface area contributed by atoms with E-state index in [-0.39, 0.29) is 18.2 Å². The number of pyridine rings is 1. The van der Waals surface area contributed by atoms with Gasteiger partial charge >= 0.3 is 0 Å². The number of ether oxygens (including phenoxy) is 2. The van der Waals surface area contributed by atoms with Crippen LogP contribution in [-0.2, 0) is 9.47 Å². The number of nitrogens with zero attached hydrogens (tertiary/aromatic N) is 4. The number of fused-ring (bicyclic) bond motifs is 1. The van der Waals surface area contributed by atoms with Gasteiger partial charge in [0.05, 0.1) is 31.2 Å². The van der Waals surface area contributed by atoms with Gasteiger partial charge in [-0.3, -0.25) is 4.98 Å². The summed E-state index contributed by atoms with van der Waals surface area (Å²) in [5, 5.41) is 8.43. The van der Waals surface area contributed by atoms with Crippen molar-refractivity contribution in [3.8, 4) is 11.4 Å². The molecule has 2 saturated heterocycles. The molecule has 6 heteroatoms. The van der Waals surface area contributed by atoms with Gasteiger partial charge in [-0.1, -0.05) is 18.2 Å². The van der Waals surface area contributed by atoms with Crippen LogP contribution >= 0.6 is 0 Å². The second-order valence-electron chi connectivity index (χ2n) is 5.44. The summed E-state index contributed by atoms with van der Waals surface area (Å²) in [7, 11) is 0. The largest absolute Gasteiger partial charge is 0.373 e. The Bertz CT molecular complexity index is 600. The van der Waals surface area contributed by atoms with Crippen LogP contribution in [0.25, 0.3) is 11.4 Å². The Hall–Kier alpha value is -1.79. The summed E-state index contributed by atoms with van der Waals surface area (Å²) in [4.78, 5) is 4.29. The van der Waals surface area contributed by atoms with Gasteiger partial charge in [-0.05, 0) is 12.1 Å². The predicted molar refractivity (Wildman–Crippen MR) is 70.9 cm³/mol. The van der Waals surface area contributed by atoms with Crippen molar-refractivity contribution >= 4 is 0 Å². The van der Waals surface area contributed by atoms with Crippen molar-refractivity contribution in [1.29, 1.82) is 0 Å². The van der Waals surface area contributed by atoms with Crippen LogP contribution in [-0.4, -0.2) is 45.4 Å². The molecule has 2 aromatic heterocycles. The van der Waals surface area contributed by atoms with Gasteiger partial charge in [0.25, 0.3) is 0 Å². The zero-order valence-electron chi connectivity index (χ0n) is 11.2. The molecule has 20 heavy (non-hydrogen) atoms. The van der Waals surface area contributed by atoms with Gasteiger partial charge in [-0.2, -0.15) is 0 Å². The van der Waals surface area contributed by atoms with Crippen molar-refractivity contribution in [2.75, 3.05) is 13.2 Å². The first-order chi connectivity index (χ1) is 9.83. The predicted octanol–water partition coefficient (Wildman–Crippen LogP) is 1.31. The maximum atomic E-state index is 5.84. The minimum atomic E-state index is 0.0864. The fourth-order valence-corrected chi connectivity index (χ4v) is 2.97. The highest BCUT2D eigenvalue weighted by Crippen LogP contribution is 2.36. The smallest absolute Gasteiger partial charge is 0.131 e. The van der Waals surface area contributed by atoms with Crippen molar-refractivity contribution in [2.45, 2.75) is 25.2 Å². The zero-order chi connectivity index (χ0) is 13.5. The first-order valence-corrected chi connectivity index (χ1v) is 6.89. The molecule has 0 saturated carbocycles. The molecule has 4 heterocycles. The van der Waals surface area contributed by atoms with Gasteiger partial charge in [0, 0.05) is 12.1 Å². The van der Waals surface area contributed by atoms with Crippen molar-refractivity contribution < 1.29 is 9.47 Å². The zero-order valence-corrected chi connectivity index (χ0v) is 11.2. The Kier molecular flexibility index (Phi) is 2.78. The highest BCUT2D eigenvalue weighted by atomic mass is 16.6. The van der Waals surface area contributed by atoms with Crippen LogP contribution in [0.5, 0.6) is 0 Å². The third kappa shape index (κ3) is 1.83. The second-order valence-corrected chi connectivity index (χ2v) is 5.44. The number of hydrogen-bond donors (Lipinski definition) is 0. The van der Waals surface area contributed by atoms with Crippen molar-refractivity contribution in [3.63, 3.8) is 0 Å². The SMILES string of the molecule is C[C@H]1CO[C@@H]2C(n3cc(-c4ccccn4)nn3)CO[C@@H]21. The molecule has 4 rings (SSSR count). The third-order valence-electron chi connectivity index (χ3n) is 4.05. The number of aromatic nitrogens is 4. The molecule has 2 aromatic rings. The summed E-state index contributed by atoms with van der Waals surface area (Å²) in [6, 6.07) is 5.86. The van der Waals surface area contributed by atoms with E-state index < -0.39 is 0 Å². The van der Waals surface area contributed by atoms with Crippen LogP contribution in [0.4, 0.5) is 0 Å². The van der Waals surface area contributed by atoms with Crippen LogP contribution < -0.4 is 0 Å². The highest BCUT2D eigenvalue weighted by Gasteiger charge is 2.47. The van der Waals surface area contributed by atoms with Crippen molar-refractivity contribution in [1.82, 2.24) is 20.0 Å². The Morgan fingerprint density at radius 2 is 2.05 bits per heavy atom. The Balaban J connectivity index is 1.60. The van der Waals surface area contributed by atoms with Gasteiger partial charge < -0.3 is 9.47 Å². The van der Waals surface area contributed by atoms with Crippen LogP contribution in [0.2, 0.25) is 0 Å². The van der Waals surface area contributed by atoms with E-state index in [4.69, 9.17) is 9.47 Å². The van der Waals surface area contributed by atoms with Crippen LogP contribution in [0.3, 0.4) is 0 Å². The van der Waals surface area contributed by atoms with E-state index in [0.29, 0.717) is 12.5 Å². The molecule has 2 aliphatic rings. The molecule has 0 aliphatic carbocycles. The Morgan fingerprint density at radius 1 is 1.15 bits per heavy atom. The van der Waals surface area contributed by atoms with Crippen LogP contribution in [0, 0.1) is 5.92 Å². The van der Waals surface area contributed by atoms with Gasteiger partial charge in [0.15, 0.2) is 0 Å². The number of hydrogen-bond acceptors (Lipinski definition) is 5. The van der Waals surface area contributed by atoms with Crippen LogP contribution in [0.1, 0.15) is 13.0 Å². The molecule has 6 nitrogen and oxygen atoms in total. The van der Waals surface area contributed by atoms with Gasteiger partial charge in [0.2, 0.25) is 0 Å². The highest BCUT2D eigenvalue weighted by molar-refractivity contribution is 5.51. The second kappa shape index (κ2) is 4.64. The lowest BCUT2D eigenvalue weighted by molar-refractivity contribution is 0.0612. The topological polar surface area (TPSA) is 62.1 Å². The minimum absolute atomic E-state index is 0.0864. The molecule has 104 valence electrons. The lowest BCUT2D eigenvalue weighted by Crippen LogP contribution is -2.27. The average molecular weight is 272 g/mol. The van der Waals surface area contributed by atoms with E-state index in [2.05, 4.69) is 22.2 Å². The third-order valence-corrected chi connectivity index (χ3v) is 4.05. The molecule has 2 fully saturated rings. The molecule has 0 spiro atoms. The summed E-state index contributed by atoms with van der Waals surface area (Å²) in [5.41, 5.74) is 1.61. The molecule has 0 radical (unpaired) electrons. The summed E-state index contributed by atoms with van der Waals surface area (Å²) in [6.07, 6.45) is 3.95. The van der Waals surface area contributed by atoms with E-state index in [1.54, 1.807) is 6.20 Å². The minimum Gasteiger partial charge on any atom is -0.373 e. The summed E-state index contributed by atoms with van der Waals surface area (Å²) >= 11 is 0. The summed E-state index contributed by atoms with van der Waals surface area (Å²) in [5.74, 6) is 0.448. The summed E-state index contributed by atoms with van der Waals surface area (Å²) < 4.78 is 13.5. The molecule has 4 atom stereocenters. The van der Waals surface area contributed by atoms with Crippen molar-refractivity contribution in [3.05, 3.63) is 30.6 Å². The van der Waals surface area contributed by atoms with Gasteiger partial charge in [-0.15, -0.1) is 5.10 Å². The lowest BCUT2D eigenvalue weighted by atomic mass is 10.0. The molecule has 2 aliphatic heterocycles. The van der Waals surface area contributed by atoms with E-state index in [1.807, 2.05) is 29.1 Å². The fraction of sp³-hybridized carbons (Fsp3) is 0.500. The van der Waals surface area contributed by atoms with Crippen molar-refractivity contribution in [2.24, 2.45) is 5.92 Å². The van der Waals surface area contributed by atoms with E-state index in [1.165, 1.54) is 0 Å². The maximum absolute atomic E-state index is 5.84. The fourth-order valence-electron chi connectivity index (χ4n) is 2.97. The molecule has 0 aromatic carbocycles. The first-order valence-electron chi connectivity index (χ1n) is 6.89. The maximum Gasteiger partial charge on any atom is 0.131 e. The molecule has 0 amide bonds. The van der Waals surface area contributed by atoms with Crippen LogP contribution in [0.15, 0.2) is 30.6 Å². The lowest BCUT2D eigenvalue weighted by Gasteiger charge is -2.15. The summed E-state index contributed by atoms with van der Waals surface area (Å²) in [6.45, 7) is 3.55. The normalized spacial score (nSPS) is 32.5. The van der Waals surface area contributed by atoms with Gasteiger partial charge in [-0.25, -0.2) is 4.68 Å². The standard InChI is InChI=1S/C14H16N4O2/c1-9-7-19-14-12(8-20-13(9)14)18-6-11(16-17-18)10-4-2-3-5-15-10/h2-6,9,12-14H,7-8H2,1H3/t9-,12?,13+,14+/m0/s1.